The van der Waals surface area contributed by atoms with E-state index in [0.29, 0.717) is 16.3 Å². The van der Waals surface area contributed by atoms with Gasteiger partial charge in [0.25, 0.3) is 0 Å². The lowest BCUT2D eigenvalue weighted by atomic mass is 10.4. The Hall–Kier alpha value is -0.810. The van der Waals surface area contributed by atoms with Gasteiger partial charge in [0.15, 0.2) is 10.4 Å². The second kappa shape index (κ2) is 2.91. The Labute approximate surface area is 80.6 Å². The number of nitrogens with zero attached hydrogens (tertiary/aromatic N) is 2. The van der Waals surface area contributed by atoms with Crippen molar-refractivity contribution in [3.8, 4) is 11.6 Å². The average molecular weight is 249 g/mol. The summed E-state index contributed by atoms with van der Waals surface area (Å²) < 4.78 is 10.3. The van der Waals surface area contributed by atoms with Crippen molar-refractivity contribution in [3.63, 3.8) is 0 Å². The molecule has 0 amide bonds. The zero-order valence-corrected chi connectivity index (χ0v) is 7.96. The highest BCUT2D eigenvalue weighted by atomic mass is 79.9. The highest BCUT2D eigenvalue weighted by Crippen LogP contribution is 2.23. The molecule has 0 bridgehead atoms. The van der Waals surface area contributed by atoms with Crippen LogP contribution < -0.4 is 0 Å². The topological polar surface area (TPSA) is 52.1 Å². The Balaban J connectivity index is 2.43. The zero-order chi connectivity index (χ0) is 8.55. The number of furan rings is 1. The largest absolute Gasteiger partial charge is 0.446 e. The van der Waals surface area contributed by atoms with Crippen molar-refractivity contribution in [3.05, 3.63) is 22.2 Å². The third-order valence-corrected chi connectivity index (χ3v) is 1.77. The van der Waals surface area contributed by atoms with Crippen LogP contribution in [-0.4, -0.2) is 10.1 Å². The van der Waals surface area contributed by atoms with Crippen molar-refractivity contribution in [1.82, 2.24) is 10.1 Å². The lowest BCUT2D eigenvalue weighted by Crippen LogP contribution is -1.74. The van der Waals surface area contributed by atoms with Crippen LogP contribution in [0.5, 0.6) is 0 Å². The van der Waals surface area contributed by atoms with Gasteiger partial charge in [-0.2, -0.15) is 4.98 Å². The van der Waals surface area contributed by atoms with Crippen molar-refractivity contribution in [1.29, 1.82) is 0 Å². The molecule has 62 valence electrons. The Bertz CT molecular complexity index is 359. The summed E-state index contributed by atoms with van der Waals surface area (Å²) in [6, 6.07) is 3.45. The van der Waals surface area contributed by atoms with Gasteiger partial charge >= 0.3 is 5.35 Å². The van der Waals surface area contributed by atoms with Gasteiger partial charge in [-0.1, -0.05) is 5.16 Å². The SMILES string of the molecule is Clc1nc(-c2ccc(Br)o2)no1. The fourth-order valence-corrected chi connectivity index (χ4v) is 1.16. The van der Waals surface area contributed by atoms with E-state index in [1.807, 2.05) is 0 Å². The molecule has 0 spiro atoms. The smallest absolute Gasteiger partial charge is 0.320 e. The lowest BCUT2D eigenvalue weighted by molar-refractivity contribution is 0.418. The molecule has 0 N–H and O–H groups in total. The number of hydrogen-bond acceptors (Lipinski definition) is 4. The Morgan fingerprint density at radius 1 is 1.42 bits per heavy atom. The van der Waals surface area contributed by atoms with Crippen LogP contribution in [0.4, 0.5) is 0 Å². The standard InChI is InChI=1S/C6H2BrClN2O2/c7-4-2-1-3(11-4)5-9-6(8)12-10-5/h1-2H. The Kier molecular flexibility index (Phi) is 1.90. The molecule has 2 heterocycles. The van der Waals surface area contributed by atoms with Gasteiger partial charge < -0.3 is 8.94 Å². The van der Waals surface area contributed by atoms with Crippen LogP contribution in [0.2, 0.25) is 5.35 Å². The summed E-state index contributed by atoms with van der Waals surface area (Å²) >= 11 is 8.57. The molecule has 0 aliphatic carbocycles. The maximum Gasteiger partial charge on any atom is 0.320 e. The maximum absolute atomic E-state index is 5.42. The first-order chi connectivity index (χ1) is 5.75. The highest BCUT2D eigenvalue weighted by molar-refractivity contribution is 9.10. The van der Waals surface area contributed by atoms with Gasteiger partial charge in [0.2, 0.25) is 5.82 Å². The molecule has 0 atom stereocenters. The Morgan fingerprint density at radius 3 is 2.75 bits per heavy atom. The van der Waals surface area contributed by atoms with Gasteiger partial charge in [-0.3, -0.25) is 0 Å². The molecule has 12 heavy (non-hydrogen) atoms. The second-order valence-corrected chi connectivity index (χ2v) is 3.08. The third-order valence-electron chi connectivity index (χ3n) is 1.19. The van der Waals surface area contributed by atoms with Crippen molar-refractivity contribution in [2.75, 3.05) is 0 Å². The van der Waals surface area contributed by atoms with E-state index in [2.05, 4.69) is 30.6 Å². The van der Waals surface area contributed by atoms with Gasteiger partial charge in [-0.05, 0) is 39.7 Å². The van der Waals surface area contributed by atoms with Crippen molar-refractivity contribution in [2.45, 2.75) is 0 Å². The molecule has 0 fully saturated rings. The molecule has 0 saturated carbocycles. The number of rotatable bonds is 1. The van der Waals surface area contributed by atoms with E-state index in [4.69, 9.17) is 16.0 Å². The van der Waals surface area contributed by atoms with Crippen LogP contribution in [0.1, 0.15) is 0 Å². The molecule has 0 aromatic carbocycles. The summed E-state index contributed by atoms with van der Waals surface area (Å²) in [4.78, 5) is 3.77. The van der Waals surface area contributed by atoms with E-state index in [1.165, 1.54) is 0 Å². The molecule has 6 heteroatoms. The van der Waals surface area contributed by atoms with E-state index < -0.39 is 0 Å². The molecular weight excluding hydrogens is 247 g/mol. The van der Waals surface area contributed by atoms with Crippen molar-refractivity contribution < 1.29 is 8.94 Å². The third kappa shape index (κ3) is 1.37. The molecule has 4 nitrogen and oxygen atoms in total. The summed E-state index contributed by atoms with van der Waals surface area (Å²) in [5.74, 6) is 0.850. The van der Waals surface area contributed by atoms with Gasteiger partial charge in [-0.15, -0.1) is 0 Å². The molecule has 0 radical (unpaired) electrons. The van der Waals surface area contributed by atoms with Crippen LogP contribution in [0.25, 0.3) is 11.6 Å². The molecule has 0 saturated heterocycles. The van der Waals surface area contributed by atoms with Gasteiger partial charge in [0, 0.05) is 0 Å². The normalized spacial score (nSPS) is 10.5. The van der Waals surface area contributed by atoms with E-state index in [-0.39, 0.29) is 5.35 Å². The van der Waals surface area contributed by atoms with Crippen LogP contribution in [0.3, 0.4) is 0 Å². The minimum atomic E-state index is -0.00229. The second-order valence-electron chi connectivity index (χ2n) is 1.97. The van der Waals surface area contributed by atoms with Crippen LogP contribution in [-0.2, 0) is 0 Å². The quantitative estimate of drug-likeness (QED) is 0.780. The fourth-order valence-electron chi connectivity index (χ4n) is 0.740. The first-order valence-corrected chi connectivity index (χ1v) is 4.18. The number of aromatic nitrogens is 2. The first-order valence-electron chi connectivity index (χ1n) is 3.00. The first kappa shape index (κ1) is 7.82. The van der Waals surface area contributed by atoms with Crippen LogP contribution in [0, 0.1) is 0 Å². The molecular formula is C6H2BrClN2O2. The summed E-state index contributed by atoms with van der Waals surface area (Å²) in [5, 5.41) is 3.56. The molecule has 0 aliphatic rings. The van der Waals surface area contributed by atoms with E-state index in [0.717, 1.165) is 0 Å². The monoisotopic (exact) mass is 248 g/mol. The maximum atomic E-state index is 5.42. The number of hydrogen-bond donors (Lipinski definition) is 0. The van der Waals surface area contributed by atoms with Crippen molar-refractivity contribution >= 4 is 27.5 Å². The Morgan fingerprint density at radius 2 is 2.25 bits per heavy atom. The predicted octanol–water partition coefficient (Wildman–Crippen LogP) is 2.75. The van der Waals surface area contributed by atoms with Crippen molar-refractivity contribution in [2.24, 2.45) is 0 Å². The van der Waals surface area contributed by atoms with Gasteiger partial charge in [0.05, 0.1) is 0 Å². The predicted molar refractivity (Wildman–Crippen MR) is 44.7 cm³/mol. The molecule has 0 aliphatic heterocycles. The molecule has 2 rings (SSSR count). The highest BCUT2D eigenvalue weighted by Gasteiger charge is 2.09. The molecule has 2 aromatic rings. The summed E-state index contributed by atoms with van der Waals surface area (Å²) in [6.45, 7) is 0. The molecule has 2 aromatic heterocycles. The van der Waals surface area contributed by atoms with Gasteiger partial charge in [0.1, 0.15) is 0 Å². The fraction of sp³-hybridized carbons (Fsp3) is 0. The zero-order valence-electron chi connectivity index (χ0n) is 5.62. The summed E-state index contributed by atoms with van der Waals surface area (Å²) in [7, 11) is 0. The van der Waals surface area contributed by atoms with E-state index in [1.54, 1.807) is 12.1 Å². The minimum Gasteiger partial charge on any atom is -0.446 e. The lowest BCUT2D eigenvalue weighted by Gasteiger charge is -1.82. The van der Waals surface area contributed by atoms with Crippen LogP contribution >= 0.6 is 27.5 Å². The summed E-state index contributed by atoms with van der Waals surface area (Å²) in [5.41, 5.74) is 0. The minimum absolute atomic E-state index is 0.00229. The molecule has 0 unspecified atom stereocenters. The average Bonchev–Trinajstić information content (AvgIpc) is 2.58. The van der Waals surface area contributed by atoms with E-state index in [9.17, 15) is 0 Å². The summed E-state index contributed by atoms with van der Waals surface area (Å²) in [6.07, 6.45) is 0. The number of halogens is 2. The van der Waals surface area contributed by atoms with Crippen LogP contribution in [0.15, 0.2) is 25.7 Å². The van der Waals surface area contributed by atoms with E-state index >= 15 is 0 Å². The van der Waals surface area contributed by atoms with Gasteiger partial charge in [-0.25, -0.2) is 0 Å².